The van der Waals surface area contributed by atoms with Gasteiger partial charge in [0.1, 0.15) is 0 Å². The summed E-state index contributed by atoms with van der Waals surface area (Å²) < 4.78 is 0. The Balaban J connectivity index is 2.18. The van der Waals surface area contributed by atoms with Gasteiger partial charge in [-0.15, -0.1) is 0 Å². The Morgan fingerprint density at radius 3 is 1.69 bits per heavy atom. The molecule has 1 heterocycles. The normalized spacial score (nSPS) is 13.2. The summed E-state index contributed by atoms with van der Waals surface area (Å²) in [6.07, 6.45) is 23.0. The largest absolute Gasteiger partial charge is 0.367 e. The summed E-state index contributed by atoms with van der Waals surface area (Å²) in [5.41, 5.74) is 7.38. The predicted molar refractivity (Wildman–Crippen MR) is 118 cm³/mol. The van der Waals surface area contributed by atoms with Crippen molar-refractivity contribution in [2.45, 2.75) is 86.0 Å². The molecule has 0 aromatic carbocycles. The molecule has 1 N–H and O–H groups in total. The van der Waals surface area contributed by atoms with Gasteiger partial charge >= 0.3 is 0 Å². The molecule has 0 saturated carbocycles. The van der Waals surface area contributed by atoms with Crippen molar-refractivity contribution >= 4 is 0 Å². The standard InChI is InChI=1S/C25H39N/c1-21(2)10-6-11-22(3)12-7-13-23(4)14-8-15-24(5)16-9-17-25-18-19-26-20-25/h10,12,14,16,18-20,26H,6-9,11,13,15,17H2,1-5H3/b22-12+,23-14+,24-16+. The SMILES string of the molecule is CC(C)=CCC/C(C)=C/CC/C(C)=C/CC/C(C)=C/CCc1cc[nH]c1. The van der Waals surface area contributed by atoms with Gasteiger partial charge in [-0.25, -0.2) is 0 Å². The number of hydrogen-bond donors (Lipinski definition) is 1. The van der Waals surface area contributed by atoms with Gasteiger partial charge in [-0.1, -0.05) is 46.6 Å². The highest BCUT2D eigenvalue weighted by atomic mass is 14.6. The second-order valence-corrected chi connectivity index (χ2v) is 7.81. The summed E-state index contributed by atoms with van der Waals surface area (Å²) in [6.45, 7) is 11.1. The lowest BCUT2D eigenvalue weighted by Gasteiger charge is -2.03. The van der Waals surface area contributed by atoms with Crippen molar-refractivity contribution in [3.8, 4) is 0 Å². The van der Waals surface area contributed by atoms with Crippen LogP contribution < -0.4 is 0 Å². The summed E-state index contributed by atoms with van der Waals surface area (Å²) in [7, 11) is 0. The Morgan fingerprint density at radius 1 is 0.731 bits per heavy atom. The van der Waals surface area contributed by atoms with Crippen molar-refractivity contribution in [1.29, 1.82) is 0 Å². The molecule has 0 radical (unpaired) electrons. The van der Waals surface area contributed by atoms with Crippen LogP contribution in [-0.4, -0.2) is 4.98 Å². The van der Waals surface area contributed by atoms with Crippen molar-refractivity contribution in [2.24, 2.45) is 0 Å². The van der Waals surface area contributed by atoms with Gasteiger partial charge < -0.3 is 4.98 Å². The number of H-pyrrole nitrogens is 1. The first-order valence-electron chi connectivity index (χ1n) is 10.2. The van der Waals surface area contributed by atoms with E-state index in [-0.39, 0.29) is 0 Å². The third kappa shape index (κ3) is 11.7. The van der Waals surface area contributed by atoms with Crippen LogP contribution in [0.4, 0.5) is 0 Å². The summed E-state index contributed by atoms with van der Waals surface area (Å²) in [5, 5.41) is 0. The molecule has 0 atom stereocenters. The van der Waals surface area contributed by atoms with Gasteiger partial charge in [0.15, 0.2) is 0 Å². The zero-order chi connectivity index (χ0) is 19.2. The molecule has 0 saturated heterocycles. The summed E-state index contributed by atoms with van der Waals surface area (Å²) in [6, 6.07) is 2.16. The van der Waals surface area contributed by atoms with Gasteiger partial charge in [-0.05, 0) is 97.6 Å². The Morgan fingerprint density at radius 2 is 1.23 bits per heavy atom. The third-order valence-corrected chi connectivity index (χ3v) is 4.74. The Labute approximate surface area is 162 Å². The lowest BCUT2D eigenvalue weighted by Crippen LogP contribution is -1.83. The van der Waals surface area contributed by atoms with Gasteiger partial charge in [0.05, 0.1) is 0 Å². The monoisotopic (exact) mass is 353 g/mol. The molecular formula is C25H39N. The first-order chi connectivity index (χ1) is 12.5. The Hall–Kier alpha value is -1.76. The lowest BCUT2D eigenvalue weighted by molar-refractivity contribution is 0.893. The smallest absolute Gasteiger partial charge is 0.00374 e. The van der Waals surface area contributed by atoms with E-state index in [4.69, 9.17) is 0 Å². The minimum Gasteiger partial charge on any atom is -0.367 e. The van der Waals surface area contributed by atoms with Gasteiger partial charge in [0.2, 0.25) is 0 Å². The van der Waals surface area contributed by atoms with Crippen LogP contribution in [0.5, 0.6) is 0 Å². The van der Waals surface area contributed by atoms with Crippen molar-refractivity contribution in [3.63, 3.8) is 0 Å². The molecule has 26 heavy (non-hydrogen) atoms. The number of aryl methyl sites for hydroxylation is 1. The van der Waals surface area contributed by atoms with E-state index in [0.29, 0.717) is 0 Å². The van der Waals surface area contributed by atoms with E-state index >= 15 is 0 Å². The van der Waals surface area contributed by atoms with E-state index in [0.717, 1.165) is 12.8 Å². The molecule has 0 aliphatic rings. The van der Waals surface area contributed by atoms with Crippen molar-refractivity contribution in [3.05, 3.63) is 70.6 Å². The van der Waals surface area contributed by atoms with Crippen LogP contribution in [0.1, 0.15) is 85.1 Å². The van der Waals surface area contributed by atoms with E-state index in [9.17, 15) is 0 Å². The maximum atomic E-state index is 3.12. The lowest BCUT2D eigenvalue weighted by atomic mass is 10.0. The van der Waals surface area contributed by atoms with Crippen LogP contribution in [0.15, 0.2) is 65.1 Å². The molecule has 0 fully saturated rings. The fourth-order valence-corrected chi connectivity index (χ4v) is 2.99. The molecule has 0 spiro atoms. The summed E-state index contributed by atoms with van der Waals surface area (Å²) in [5.74, 6) is 0. The van der Waals surface area contributed by atoms with E-state index in [1.54, 1.807) is 0 Å². The molecule has 0 bridgehead atoms. The van der Waals surface area contributed by atoms with Crippen LogP contribution in [0, 0.1) is 0 Å². The molecular weight excluding hydrogens is 314 g/mol. The summed E-state index contributed by atoms with van der Waals surface area (Å²) >= 11 is 0. The number of rotatable bonds is 12. The number of aromatic nitrogens is 1. The number of aromatic amines is 1. The second-order valence-electron chi connectivity index (χ2n) is 7.81. The van der Waals surface area contributed by atoms with E-state index in [2.05, 4.69) is 76.2 Å². The summed E-state index contributed by atoms with van der Waals surface area (Å²) in [4.78, 5) is 3.12. The highest BCUT2D eigenvalue weighted by Crippen LogP contribution is 2.14. The number of hydrogen-bond acceptors (Lipinski definition) is 0. The number of allylic oxidation sites excluding steroid dienone is 8. The van der Waals surface area contributed by atoms with Crippen LogP contribution >= 0.6 is 0 Å². The average Bonchev–Trinajstić information content (AvgIpc) is 3.08. The highest BCUT2D eigenvalue weighted by Gasteiger charge is 1.95. The van der Waals surface area contributed by atoms with Crippen LogP contribution in [0.3, 0.4) is 0 Å². The van der Waals surface area contributed by atoms with E-state index in [1.165, 1.54) is 66.4 Å². The molecule has 0 unspecified atom stereocenters. The van der Waals surface area contributed by atoms with Gasteiger partial charge in [-0.3, -0.25) is 0 Å². The first-order valence-corrected chi connectivity index (χ1v) is 10.2. The zero-order valence-corrected chi connectivity index (χ0v) is 17.7. The van der Waals surface area contributed by atoms with Crippen molar-refractivity contribution in [1.82, 2.24) is 4.98 Å². The fourth-order valence-electron chi connectivity index (χ4n) is 2.99. The maximum Gasteiger partial charge on any atom is 0.00374 e. The molecule has 1 nitrogen and oxygen atoms in total. The van der Waals surface area contributed by atoms with Gasteiger partial charge in [0, 0.05) is 12.4 Å². The molecule has 0 aliphatic heterocycles. The van der Waals surface area contributed by atoms with Gasteiger partial charge in [-0.2, -0.15) is 0 Å². The minimum absolute atomic E-state index is 1.13. The first kappa shape index (κ1) is 22.3. The topological polar surface area (TPSA) is 15.8 Å². The Kier molecular flexibility index (Phi) is 11.5. The molecule has 0 aliphatic carbocycles. The molecule has 1 aromatic rings. The Bertz CT molecular complexity index is 605. The molecule has 0 amide bonds. The van der Waals surface area contributed by atoms with Crippen LogP contribution in [0.25, 0.3) is 0 Å². The fraction of sp³-hybridized carbons (Fsp3) is 0.520. The molecule has 1 heteroatoms. The molecule has 1 rings (SSSR count). The molecule has 1 aromatic heterocycles. The highest BCUT2D eigenvalue weighted by molar-refractivity contribution is 5.11. The third-order valence-electron chi connectivity index (χ3n) is 4.74. The zero-order valence-electron chi connectivity index (χ0n) is 17.7. The average molecular weight is 354 g/mol. The molecule has 144 valence electrons. The van der Waals surface area contributed by atoms with Crippen molar-refractivity contribution in [2.75, 3.05) is 0 Å². The van der Waals surface area contributed by atoms with E-state index in [1.807, 2.05) is 6.20 Å². The predicted octanol–water partition coefficient (Wildman–Crippen LogP) is 8.09. The van der Waals surface area contributed by atoms with Crippen LogP contribution in [-0.2, 0) is 6.42 Å². The van der Waals surface area contributed by atoms with Crippen molar-refractivity contribution < 1.29 is 0 Å². The quantitative estimate of drug-likeness (QED) is 0.365. The maximum absolute atomic E-state index is 3.12. The van der Waals surface area contributed by atoms with Crippen LogP contribution in [0.2, 0.25) is 0 Å². The second kappa shape index (κ2) is 13.4. The van der Waals surface area contributed by atoms with E-state index < -0.39 is 0 Å². The van der Waals surface area contributed by atoms with Gasteiger partial charge in [0.25, 0.3) is 0 Å². The number of nitrogens with one attached hydrogen (secondary N) is 1. The minimum atomic E-state index is 1.13.